The molecule has 182 valence electrons. The molecule has 1 aliphatic carbocycles. The van der Waals surface area contributed by atoms with E-state index in [2.05, 4.69) is 31.9 Å². The van der Waals surface area contributed by atoms with Crippen LogP contribution in [0.25, 0.3) is 5.69 Å². The minimum atomic E-state index is -2.08. The first-order valence-electron chi connectivity index (χ1n) is 11.0. The highest BCUT2D eigenvalue weighted by molar-refractivity contribution is 9.13. The van der Waals surface area contributed by atoms with Crippen molar-refractivity contribution in [2.24, 2.45) is 5.73 Å². The van der Waals surface area contributed by atoms with Gasteiger partial charge in [-0.3, -0.25) is 14.2 Å². The van der Waals surface area contributed by atoms with Gasteiger partial charge in [0.2, 0.25) is 28.9 Å². The molecule has 0 saturated carbocycles. The molecule has 4 aromatic rings. The summed E-state index contributed by atoms with van der Waals surface area (Å²) in [5.41, 5.74) is 5.97. The van der Waals surface area contributed by atoms with Gasteiger partial charge < -0.3 is 20.7 Å². The average Bonchev–Trinajstić information content (AvgIpc) is 3.55. The van der Waals surface area contributed by atoms with Crippen LogP contribution in [0.2, 0.25) is 0 Å². The van der Waals surface area contributed by atoms with E-state index in [9.17, 15) is 19.8 Å². The number of Topliss-reactive ketones (excluding diaryl/α,β-unsaturated/α-hetero) is 2. The number of aromatic hydroxyl groups is 2. The van der Waals surface area contributed by atoms with Crippen LogP contribution in [0.5, 0.6) is 11.8 Å². The monoisotopic (exact) mass is 628 g/mol. The highest BCUT2D eigenvalue weighted by Crippen LogP contribution is 2.60. The first-order chi connectivity index (χ1) is 17.2. The second-order valence-electron chi connectivity index (χ2n) is 8.75. The van der Waals surface area contributed by atoms with Crippen molar-refractivity contribution in [1.29, 1.82) is 0 Å². The molecule has 0 bridgehead atoms. The number of aromatic nitrogens is 1. The zero-order valence-corrected chi connectivity index (χ0v) is 22.7. The van der Waals surface area contributed by atoms with Gasteiger partial charge in [-0.25, -0.2) is 0 Å². The molecule has 0 amide bonds. The molecule has 2 aromatic carbocycles. The SMILES string of the molecule is Cc1cc2c(s1)C(=O)C1(O[C@@H](c3ccc(Br)c(Br)c3)c3c1c(O)n(-c1ccc(CN)cc1)c3O)C2=O. The van der Waals surface area contributed by atoms with Crippen LogP contribution in [-0.2, 0) is 16.9 Å². The second-order valence-corrected chi connectivity index (χ2v) is 11.7. The van der Waals surface area contributed by atoms with Crippen LogP contribution in [0.15, 0.2) is 57.5 Å². The van der Waals surface area contributed by atoms with Gasteiger partial charge in [-0.15, -0.1) is 11.3 Å². The number of hydrogen-bond acceptors (Lipinski definition) is 7. The van der Waals surface area contributed by atoms with Crippen LogP contribution >= 0.6 is 43.2 Å². The van der Waals surface area contributed by atoms with E-state index in [-0.39, 0.29) is 22.6 Å². The summed E-state index contributed by atoms with van der Waals surface area (Å²) >= 11 is 8.14. The molecule has 6 rings (SSSR count). The Morgan fingerprint density at radius 1 is 1.03 bits per heavy atom. The van der Waals surface area contributed by atoms with Crippen LogP contribution < -0.4 is 5.73 Å². The summed E-state index contributed by atoms with van der Waals surface area (Å²) in [4.78, 5) is 28.8. The number of rotatable bonds is 3. The highest BCUT2D eigenvalue weighted by Gasteiger charge is 2.65. The van der Waals surface area contributed by atoms with Gasteiger partial charge in [0.05, 0.1) is 21.7 Å². The molecular weight excluding hydrogens is 612 g/mol. The van der Waals surface area contributed by atoms with Gasteiger partial charge in [0.25, 0.3) is 0 Å². The van der Waals surface area contributed by atoms with Crippen molar-refractivity contribution in [1.82, 2.24) is 4.57 Å². The van der Waals surface area contributed by atoms with E-state index in [1.165, 1.54) is 15.9 Å². The molecule has 0 saturated heterocycles. The highest BCUT2D eigenvalue weighted by atomic mass is 79.9. The molecule has 0 radical (unpaired) electrons. The maximum absolute atomic E-state index is 13.8. The Morgan fingerprint density at radius 3 is 2.39 bits per heavy atom. The Morgan fingerprint density at radius 2 is 1.75 bits per heavy atom. The summed E-state index contributed by atoms with van der Waals surface area (Å²) in [6.45, 7) is 2.16. The maximum atomic E-state index is 13.8. The zero-order chi connectivity index (χ0) is 25.5. The molecule has 1 spiro atoms. The number of nitrogens with zero attached hydrogens (tertiary/aromatic N) is 1. The Bertz CT molecular complexity index is 1570. The van der Waals surface area contributed by atoms with Crippen molar-refractivity contribution in [2.45, 2.75) is 25.2 Å². The van der Waals surface area contributed by atoms with Crippen LogP contribution in [0.3, 0.4) is 0 Å². The van der Waals surface area contributed by atoms with Crippen molar-refractivity contribution >= 4 is 54.8 Å². The number of aryl methyl sites for hydroxylation is 1. The molecule has 3 heterocycles. The summed E-state index contributed by atoms with van der Waals surface area (Å²) in [6, 6.07) is 14.0. The lowest BCUT2D eigenvalue weighted by atomic mass is 9.89. The summed E-state index contributed by atoms with van der Waals surface area (Å²) in [6.07, 6.45) is -0.983. The summed E-state index contributed by atoms with van der Waals surface area (Å²) in [5, 5.41) is 22.9. The standard InChI is InChI=1S/C26H18Br2N2O5S/c1-11-8-15-21(36-11)23(32)26(22(15)31)19-18(20(35-26)13-4-7-16(27)17(28)9-13)24(33)30(25(19)34)14-5-2-12(10-29)3-6-14/h2-9,20,33-34H,10,29H2,1H3/t20-,26?/m0/s1. The van der Waals surface area contributed by atoms with Crippen LogP contribution in [-0.4, -0.2) is 26.3 Å². The van der Waals surface area contributed by atoms with Crippen molar-refractivity contribution < 1.29 is 24.5 Å². The summed E-state index contributed by atoms with van der Waals surface area (Å²) in [7, 11) is 0. The fraction of sp³-hybridized carbons (Fsp3) is 0.154. The number of benzene rings is 2. The number of hydrogen-bond donors (Lipinski definition) is 3. The Balaban J connectivity index is 1.62. The molecule has 2 aromatic heterocycles. The van der Waals surface area contributed by atoms with E-state index in [1.807, 2.05) is 6.92 Å². The maximum Gasteiger partial charge on any atom is 0.226 e. The van der Waals surface area contributed by atoms with Gasteiger partial charge >= 0.3 is 0 Å². The zero-order valence-electron chi connectivity index (χ0n) is 18.7. The predicted molar refractivity (Wildman–Crippen MR) is 141 cm³/mol. The minimum Gasteiger partial charge on any atom is -0.494 e. The van der Waals surface area contributed by atoms with Crippen molar-refractivity contribution in [2.75, 3.05) is 0 Å². The molecule has 7 nitrogen and oxygen atoms in total. The number of halogens is 2. The van der Waals surface area contributed by atoms with Gasteiger partial charge in [0, 0.05) is 25.9 Å². The largest absolute Gasteiger partial charge is 0.494 e. The van der Waals surface area contributed by atoms with Gasteiger partial charge in [-0.05, 0) is 80.2 Å². The molecular formula is C26H18Br2N2O5S. The number of ether oxygens (including phenoxy) is 1. The molecule has 10 heteroatoms. The Hall–Kier alpha value is -2.76. The molecule has 1 unspecified atom stereocenters. The molecule has 0 fully saturated rings. The second kappa shape index (κ2) is 8.12. The number of ketones is 2. The molecule has 1 aliphatic heterocycles. The van der Waals surface area contributed by atoms with E-state index >= 15 is 0 Å². The van der Waals surface area contributed by atoms with E-state index in [1.54, 1.807) is 48.5 Å². The molecule has 2 atom stereocenters. The third-order valence-electron chi connectivity index (χ3n) is 6.69. The summed E-state index contributed by atoms with van der Waals surface area (Å²) < 4.78 is 9.08. The van der Waals surface area contributed by atoms with Gasteiger partial charge in [0.1, 0.15) is 6.10 Å². The van der Waals surface area contributed by atoms with Gasteiger partial charge in [-0.1, -0.05) is 18.2 Å². The van der Waals surface area contributed by atoms with E-state index in [4.69, 9.17) is 10.5 Å². The van der Waals surface area contributed by atoms with Crippen molar-refractivity contribution in [3.8, 4) is 17.4 Å². The lowest BCUT2D eigenvalue weighted by Crippen LogP contribution is -2.38. The van der Waals surface area contributed by atoms with Gasteiger partial charge in [0.15, 0.2) is 0 Å². The van der Waals surface area contributed by atoms with Crippen LogP contribution in [0, 0.1) is 6.92 Å². The third-order valence-corrected chi connectivity index (χ3v) is 9.62. The molecule has 2 aliphatic rings. The topological polar surface area (TPSA) is 115 Å². The average molecular weight is 630 g/mol. The van der Waals surface area contributed by atoms with Crippen LogP contribution in [0.4, 0.5) is 0 Å². The van der Waals surface area contributed by atoms with Crippen LogP contribution in [0.1, 0.15) is 53.3 Å². The van der Waals surface area contributed by atoms with Crippen molar-refractivity contribution in [3.05, 3.63) is 95.0 Å². The fourth-order valence-corrected chi connectivity index (χ4v) is 6.67. The van der Waals surface area contributed by atoms with E-state index < -0.39 is 29.2 Å². The fourth-order valence-electron chi connectivity index (χ4n) is 5.03. The first-order valence-corrected chi connectivity index (χ1v) is 13.4. The first kappa shape index (κ1) is 23.6. The number of thiophene rings is 1. The lowest BCUT2D eigenvalue weighted by Gasteiger charge is -2.24. The minimum absolute atomic E-state index is 0.0250. The third kappa shape index (κ3) is 3.02. The smallest absolute Gasteiger partial charge is 0.226 e. The Labute approximate surface area is 226 Å². The molecule has 36 heavy (non-hydrogen) atoms. The summed E-state index contributed by atoms with van der Waals surface area (Å²) in [5.74, 6) is -1.81. The number of carbonyl (C=O) groups is 2. The van der Waals surface area contributed by atoms with Gasteiger partial charge in [-0.2, -0.15) is 0 Å². The molecule has 4 N–H and O–H groups in total. The Kier molecular flexibility index (Phi) is 5.33. The number of carbonyl (C=O) groups excluding carboxylic acids is 2. The number of nitrogens with two attached hydrogens (primary N) is 1. The predicted octanol–water partition coefficient (Wildman–Crippen LogP) is 5.64. The van der Waals surface area contributed by atoms with Crippen molar-refractivity contribution in [3.63, 3.8) is 0 Å². The van der Waals surface area contributed by atoms with E-state index in [0.29, 0.717) is 22.7 Å². The lowest BCUT2D eigenvalue weighted by molar-refractivity contribution is -0.0230. The number of fused-ring (bicyclic) bond motifs is 3. The quantitative estimate of drug-likeness (QED) is 0.253. The van der Waals surface area contributed by atoms with E-state index in [0.717, 1.165) is 19.4 Å². The normalized spacial score (nSPS) is 20.4.